The summed E-state index contributed by atoms with van der Waals surface area (Å²) in [5.41, 5.74) is 1.68. The summed E-state index contributed by atoms with van der Waals surface area (Å²) >= 11 is 8.93. The molecule has 3 rings (SSSR count). The highest BCUT2D eigenvalue weighted by Gasteiger charge is 2.21. The Bertz CT molecular complexity index is 1070. The number of methoxy groups -OCH3 is 3. The highest BCUT2D eigenvalue weighted by atomic mass is 35.5. The first-order valence-electron chi connectivity index (χ1n) is 11.0. The van der Waals surface area contributed by atoms with Crippen LogP contribution in [0.5, 0.6) is 11.5 Å². The lowest BCUT2D eigenvalue weighted by molar-refractivity contribution is 0.0740. The highest BCUT2D eigenvalue weighted by molar-refractivity contribution is 7.16. The molecule has 1 aromatic carbocycles. The van der Waals surface area contributed by atoms with Gasteiger partial charge in [-0.1, -0.05) is 11.6 Å². The van der Waals surface area contributed by atoms with Gasteiger partial charge in [0.15, 0.2) is 6.29 Å². The van der Waals surface area contributed by atoms with Gasteiger partial charge in [0.1, 0.15) is 22.2 Å². The molecule has 190 valence electrons. The first-order chi connectivity index (χ1) is 16.9. The third-order valence-corrected chi connectivity index (χ3v) is 7.21. The Balaban J connectivity index is 0.00000100. The van der Waals surface area contributed by atoms with E-state index in [9.17, 15) is 9.59 Å². The molecule has 0 aliphatic carbocycles. The molecule has 7 nitrogen and oxygen atoms in total. The Morgan fingerprint density at radius 2 is 1.83 bits per heavy atom. The Kier molecular flexibility index (Phi) is 12.2. The van der Waals surface area contributed by atoms with Crippen LogP contribution in [0.1, 0.15) is 49.6 Å². The van der Waals surface area contributed by atoms with Gasteiger partial charge >= 0.3 is 0 Å². The maximum Gasteiger partial charge on any atom is 0.254 e. The molecule has 0 N–H and O–H groups in total. The van der Waals surface area contributed by atoms with Crippen molar-refractivity contribution in [2.45, 2.75) is 33.2 Å². The first-order valence-corrected chi connectivity index (χ1v) is 13.1. The van der Waals surface area contributed by atoms with Crippen LogP contribution in [0.4, 0.5) is 0 Å². The monoisotopic (exact) mass is 538 g/mol. The number of carbonyl (C=O) groups is 2. The molecular weight excluding hydrogens is 508 g/mol. The topological polar surface area (TPSA) is 78.0 Å². The van der Waals surface area contributed by atoms with E-state index in [0.717, 1.165) is 29.3 Å². The maximum atomic E-state index is 13.4. The van der Waals surface area contributed by atoms with Crippen molar-refractivity contribution in [2.75, 3.05) is 34.5 Å². The third-order valence-electron chi connectivity index (χ3n) is 5.07. The fourth-order valence-corrected chi connectivity index (χ4v) is 5.07. The minimum Gasteiger partial charge on any atom is -0.496 e. The van der Waals surface area contributed by atoms with Crippen molar-refractivity contribution in [3.8, 4) is 11.5 Å². The minimum absolute atomic E-state index is 0.149. The second kappa shape index (κ2) is 14.8. The van der Waals surface area contributed by atoms with E-state index in [1.807, 2.05) is 26.0 Å². The fraction of sp³-hybridized carbons (Fsp3) is 0.400. The van der Waals surface area contributed by atoms with Gasteiger partial charge in [0.2, 0.25) is 0 Å². The van der Waals surface area contributed by atoms with Crippen LogP contribution in [0.15, 0.2) is 29.6 Å². The number of nitrogens with zero attached hydrogens (tertiary/aromatic N) is 2. The predicted molar refractivity (Wildman–Crippen MR) is 142 cm³/mol. The zero-order valence-electron chi connectivity index (χ0n) is 20.6. The van der Waals surface area contributed by atoms with E-state index in [1.54, 1.807) is 55.1 Å². The van der Waals surface area contributed by atoms with Crippen molar-refractivity contribution < 1.29 is 23.8 Å². The van der Waals surface area contributed by atoms with Crippen LogP contribution in [-0.2, 0) is 17.7 Å². The molecular formula is C25H31ClN2O5S2. The molecule has 1 amide bonds. The number of rotatable bonds is 11. The van der Waals surface area contributed by atoms with Crippen LogP contribution < -0.4 is 9.47 Å². The molecule has 0 saturated heterocycles. The van der Waals surface area contributed by atoms with Gasteiger partial charge in [-0.3, -0.25) is 9.59 Å². The number of ether oxygens (including phenoxy) is 3. The van der Waals surface area contributed by atoms with Crippen LogP contribution in [0, 0.1) is 6.92 Å². The molecule has 0 aliphatic heterocycles. The van der Waals surface area contributed by atoms with Crippen molar-refractivity contribution in [2.24, 2.45) is 0 Å². The molecule has 0 fully saturated rings. The van der Waals surface area contributed by atoms with E-state index in [0.29, 0.717) is 47.1 Å². The average Bonchev–Trinajstić information content (AvgIpc) is 3.51. The highest BCUT2D eigenvalue weighted by Crippen LogP contribution is 2.30. The minimum atomic E-state index is -0.149. The molecule has 3 aromatic rings. The lowest BCUT2D eigenvalue weighted by atomic mass is 10.1. The Labute approximate surface area is 219 Å². The number of aryl methyl sites for hydroxylation is 1. The molecule has 2 aromatic heterocycles. The number of benzene rings is 1. The number of thiazole rings is 1. The molecule has 0 aliphatic rings. The van der Waals surface area contributed by atoms with E-state index in [4.69, 9.17) is 21.1 Å². The van der Waals surface area contributed by atoms with E-state index >= 15 is 0 Å². The summed E-state index contributed by atoms with van der Waals surface area (Å²) in [6.07, 6.45) is 2.30. The van der Waals surface area contributed by atoms with Gasteiger partial charge in [-0.25, -0.2) is 4.98 Å². The number of thiophene rings is 1. The summed E-state index contributed by atoms with van der Waals surface area (Å²) in [5, 5.41) is 2.40. The van der Waals surface area contributed by atoms with Crippen molar-refractivity contribution in [1.82, 2.24) is 9.88 Å². The molecule has 0 bridgehead atoms. The Hall–Kier alpha value is -2.46. The van der Waals surface area contributed by atoms with Crippen LogP contribution >= 0.6 is 34.3 Å². The summed E-state index contributed by atoms with van der Waals surface area (Å²) in [7, 11) is 4.81. The van der Waals surface area contributed by atoms with Crippen LogP contribution in [-0.4, -0.2) is 56.6 Å². The van der Waals surface area contributed by atoms with Gasteiger partial charge in [0.05, 0.1) is 25.1 Å². The average molecular weight is 539 g/mol. The van der Waals surface area contributed by atoms with Gasteiger partial charge in [-0.15, -0.1) is 22.7 Å². The van der Waals surface area contributed by atoms with Gasteiger partial charge in [0.25, 0.3) is 5.91 Å². The number of aromatic nitrogens is 1. The number of halogens is 1. The Morgan fingerprint density at radius 1 is 1.17 bits per heavy atom. The summed E-state index contributed by atoms with van der Waals surface area (Å²) in [4.78, 5) is 31.6. The lowest BCUT2D eigenvalue weighted by Gasteiger charge is -2.23. The number of carbonyl (C=O) groups excluding carboxylic acids is 2. The van der Waals surface area contributed by atoms with Crippen LogP contribution in [0.25, 0.3) is 0 Å². The second-order valence-electron chi connectivity index (χ2n) is 7.40. The van der Waals surface area contributed by atoms with Crippen LogP contribution in [0.3, 0.4) is 0 Å². The van der Waals surface area contributed by atoms with Crippen molar-refractivity contribution >= 4 is 46.5 Å². The van der Waals surface area contributed by atoms with Gasteiger partial charge < -0.3 is 19.1 Å². The van der Waals surface area contributed by atoms with Gasteiger partial charge in [0, 0.05) is 41.6 Å². The molecule has 2 heterocycles. The van der Waals surface area contributed by atoms with Gasteiger partial charge in [-0.05, 0) is 51.0 Å². The standard InChI is InChI=1S/C22H23ClN2O4S2.C3H8O/c1-14-18(28-2)9-15(10-19(14)29-3)22(27)25(11-21-24-16(12-26)13-30-21)8-4-5-17-6-7-20(23)31-17;1-3-4-2/h6-7,9-10,12-13H,4-5,8,11H2,1-3H3;3H2,1-2H3. The fourth-order valence-electron chi connectivity index (χ4n) is 3.19. The van der Waals surface area contributed by atoms with E-state index < -0.39 is 0 Å². The van der Waals surface area contributed by atoms with Crippen molar-refractivity contribution in [3.63, 3.8) is 0 Å². The zero-order valence-corrected chi connectivity index (χ0v) is 23.0. The maximum absolute atomic E-state index is 13.4. The van der Waals surface area contributed by atoms with Gasteiger partial charge in [-0.2, -0.15) is 0 Å². The predicted octanol–water partition coefficient (Wildman–Crippen LogP) is 5.92. The van der Waals surface area contributed by atoms with E-state index in [-0.39, 0.29) is 5.91 Å². The Morgan fingerprint density at radius 3 is 2.31 bits per heavy atom. The SMILES string of the molecule is CCOC.COc1cc(C(=O)N(CCCc2ccc(Cl)s2)Cc2nc(C=O)cs2)cc(OC)c1C. The quantitative estimate of drug-likeness (QED) is 0.282. The first kappa shape index (κ1) is 28.8. The molecule has 0 atom stereocenters. The molecule has 0 saturated carbocycles. The number of hydrogen-bond acceptors (Lipinski definition) is 8. The summed E-state index contributed by atoms with van der Waals surface area (Å²) in [5.74, 6) is 1.03. The largest absolute Gasteiger partial charge is 0.496 e. The molecule has 0 spiro atoms. The summed E-state index contributed by atoms with van der Waals surface area (Å²) in [6, 6.07) is 7.34. The number of aldehydes is 1. The molecule has 0 unspecified atom stereocenters. The van der Waals surface area contributed by atoms with E-state index in [1.165, 1.54) is 16.2 Å². The summed E-state index contributed by atoms with van der Waals surface area (Å²) < 4.78 is 16.1. The van der Waals surface area contributed by atoms with Crippen LogP contribution in [0.2, 0.25) is 4.34 Å². The van der Waals surface area contributed by atoms with E-state index in [2.05, 4.69) is 9.72 Å². The summed E-state index contributed by atoms with van der Waals surface area (Å²) in [6.45, 7) is 5.51. The number of hydrogen-bond donors (Lipinski definition) is 0. The molecule has 0 radical (unpaired) electrons. The lowest BCUT2D eigenvalue weighted by Crippen LogP contribution is -2.32. The number of amides is 1. The molecule has 35 heavy (non-hydrogen) atoms. The third kappa shape index (κ3) is 8.61. The van der Waals surface area contributed by atoms with Crippen molar-refractivity contribution in [3.05, 3.63) is 60.7 Å². The second-order valence-corrected chi connectivity index (χ2v) is 10.1. The van der Waals surface area contributed by atoms with Crippen molar-refractivity contribution in [1.29, 1.82) is 0 Å². The smallest absolute Gasteiger partial charge is 0.254 e. The normalized spacial score (nSPS) is 10.3. The molecule has 10 heteroatoms. The zero-order chi connectivity index (χ0) is 25.8.